The molecule has 136 valence electrons. The van der Waals surface area contributed by atoms with Gasteiger partial charge in [0.1, 0.15) is 17.3 Å². The molecule has 0 aromatic heterocycles. The van der Waals surface area contributed by atoms with Crippen LogP contribution in [0.15, 0.2) is 73.8 Å². The highest BCUT2D eigenvalue weighted by Crippen LogP contribution is 2.33. The minimum atomic E-state index is -0.245. The zero-order valence-corrected chi connectivity index (χ0v) is 15.5. The number of allylic oxidation sites excluding steroid dienone is 2. The summed E-state index contributed by atoms with van der Waals surface area (Å²) in [4.78, 5) is 13.4. The topological polar surface area (TPSA) is 35.5 Å². The van der Waals surface area contributed by atoms with E-state index in [1.807, 2.05) is 48.5 Å². The first-order valence-electron chi connectivity index (χ1n) is 8.68. The molecule has 3 nitrogen and oxygen atoms in total. The maximum Gasteiger partial charge on any atom is 0.148 e. The Kier molecular flexibility index (Phi) is 7.22. The first kappa shape index (κ1) is 19.5. The van der Waals surface area contributed by atoms with E-state index in [1.54, 1.807) is 26.4 Å². The zero-order chi connectivity index (χ0) is 18.9. The maximum absolute atomic E-state index is 13.4. The molecule has 0 aliphatic rings. The maximum atomic E-state index is 13.4. The number of Topliss-reactive ketones (excluding diaryl/α,β-unsaturated/α-hetero) is 1. The van der Waals surface area contributed by atoms with Gasteiger partial charge in [-0.05, 0) is 48.2 Å². The van der Waals surface area contributed by atoms with Crippen LogP contribution in [0.5, 0.6) is 11.5 Å². The number of carbonyl (C=O) groups excluding carboxylic acids is 1. The molecule has 0 spiro atoms. The second kappa shape index (κ2) is 9.62. The summed E-state index contributed by atoms with van der Waals surface area (Å²) in [6.45, 7) is 7.66. The van der Waals surface area contributed by atoms with Crippen LogP contribution >= 0.6 is 0 Å². The van der Waals surface area contributed by atoms with Crippen molar-refractivity contribution in [3.63, 3.8) is 0 Å². The van der Waals surface area contributed by atoms with Gasteiger partial charge < -0.3 is 9.47 Å². The van der Waals surface area contributed by atoms with Gasteiger partial charge >= 0.3 is 0 Å². The van der Waals surface area contributed by atoms with E-state index in [1.165, 1.54) is 0 Å². The van der Waals surface area contributed by atoms with E-state index >= 15 is 0 Å². The Morgan fingerprint density at radius 3 is 1.42 bits per heavy atom. The molecule has 2 rings (SSSR count). The third kappa shape index (κ3) is 4.63. The summed E-state index contributed by atoms with van der Waals surface area (Å²) in [6.07, 6.45) is 4.78. The molecule has 2 atom stereocenters. The molecule has 0 bridgehead atoms. The highest BCUT2D eigenvalue weighted by atomic mass is 16.5. The average molecular weight is 350 g/mol. The molecule has 0 N–H and O–H groups in total. The van der Waals surface area contributed by atoms with Crippen molar-refractivity contribution in [2.24, 2.45) is 0 Å². The highest BCUT2D eigenvalue weighted by molar-refractivity contribution is 5.92. The van der Waals surface area contributed by atoms with E-state index in [-0.39, 0.29) is 17.6 Å². The van der Waals surface area contributed by atoms with Crippen LogP contribution in [0.2, 0.25) is 0 Å². The Hall–Kier alpha value is -2.81. The van der Waals surface area contributed by atoms with Gasteiger partial charge in [0, 0.05) is 11.8 Å². The van der Waals surface area contributed by atoms with Crippen LogP contribution < -0.4 is 9.47 Å². The van der Waals surface area contributed by atoms with Gasteiger partial charge in [-0.3, -0.25) is 4.79 Å². The number of ether oxygens (including phenoxy) is 2. The third-order valence-corrected chi connectivity index (χ3v) is 4.53. The van der Waals surface area contributed by atoms with E-state index in [0.717, 1.165) is 22.6 Å². The monoisotopic (exact) mass is 350 g/mol. The Balaban J connectivity index is 2.34. The fourth-order valence-corrected chi connectivity index (χ4v) is 3.08. The van der Waals surface area contributed by atoms with Crippen LogP contribution in [0.25, 0.3) is 0 Å². The zero-order valence-electron chi connectivity index (χ0n) is 15.5. The summed E-state index contributed by atoms with van der Waals surface area (Å²) in [5, 5.41) is 0. The molecule has 2 aromatic carbocycles. The van der Waals surface area contributed by atoms with Crippen molar-refractivity contribution in [3.8, 4) is 11.5 Å². The van der Waals surface area contributed by atoms with E-state index < -0.39 is 0 Å². The normalized spacial score (nSPS) is 12.7. The van der Waals surface area contributed by atoms with Gasteiger partial charge in [-0.15, -0.1) is 13.2 Å². The number of methoxy groups -OCH3 is 2. The number of carbonyl (C=O) groups is 1. The summed E-state index contributed by atoms with van der Waals surface area (Å²) in [7, 11) is 3.26. The van der Waals surface area contributed by atoms with Crippen LogP contribution in [0, 0.1) is 0 Å². The Morgan fingerprint density at radius 1 is 0.808 bits per heavy atom. The van der Waals surface area contributed by atoms with Gasteiger partial charge in [0.05, 0.1) is 14.2 Å². The summed E-state index contributed by atoms with van der Waals surface area (Å²) in [6, 6.07) is 15.3. The van der Waals surface area contributed by atoms with Gasteiger partial charge in [0.25, 0.3) is 0 Å². The first-order chi connectivity index (χ1) is 12.6. The fourth-order valence-electron chi connectivity index (χ4n) is 3.08. The minimum Gasteiger partial charge on any atom is -0.497 e. The van der Waals surface area contributed by atoms with E-state index in [2.05, 4.69) is 13.2 Å². The fraction of sp³-hybridized carbons (Fsp3) is 0.261. The van der Waals surface area contributed by atoms with Crippen molar-refractivity contribution in [1.82, 2.24) is 0 Å². The molecule has 26 heavy (non-hydrogen) atoms. The molecule has 2 aromatic rings. The molecule has 0 aliphatic carbocycles. The van der Waals surface area contributed by atoms with Gasteiger partial charge in [0.15, 0.2) is 0 Å². The lowest BCUT2D eigenvalue weighted by Crippen LogP contribution is -2.20. The van der Waals surface area contributed by atoms with Crippen LogP contribution in [0.3, 0.4) is 0 Å². The smallest absolute Gasteiger partial charge is 0.148 e. The Labute approximate surface area is 156 Å². The van der Waals surface area contributed by atoms with Crippen molar-refractivity contribution in [1.29, 1.82) is 0 Å². The molecule has 0 radical (unpaired) electrons. The molecule has 2 unspecified atom stereocenters. The molecule has 0 fully saturated rings. The molecule has 3 heteroatoms. The summed E-state index contributed by atoms with van der Waals surface area (Å²) < 4.78 is 10.4. The Bertz CT molecular complexity index is 666. The van der Waals surface area contributed by atoms with Gasteiger partial charge in [-0.25, -0.2) is 0 Å². The van der Waals surface area contributed by atoms with Crippen LogP contribution in [-0.4, -0.2) is 20.0 Å². The predicted molar refractivity (Wildman–Crippen MR) is 106 cm³/mol. The molecule has 0 aliphatic heterocycles. The average Bonchev–Trinajstić information content (AvgIpc) is 2.70. The lowest BCUT2D eigenvalue weighted by atomic mass is 9.80. The van der Waals surface area contributed by atoms with Crippen LogP contribution in [0.1, 0.15) is 35.8 Å². The molecule has 0 heterocycles. The number of rotatable bonds is 10. The van der Waals surface area contributed by atoms with Crippen molar-refractivity contribution >= 4 is 5.78 Å². The lowest BCUT2D eigenvalue weighted by Gasteiger charge is -2.22. The Morgan fingerprint density at radius 2 is 1.15 bits per heavy atom. The summed E-state index contributed by atoms with van der Waals surface area (Å²) in [5.74, 6) is 1.23. The van der Waals surface area contributed by atoms with Gasteiger partial charge in [-0.1, -0.05) is 36.4 Å². The number of ketones is 1. The molecule has 0 amide bonds. The largest absolute Gasteiger partial charge is 0.497 e. The van der Waals surface area contributed by atoms with Gasteiger partial charge in [-0.2, -0.15) is 0 Å². The summed E-state index contributed by atoms with van der Waals surface area (Å²) >= 11 is 0. The second-order valence-electron chi connectivity index (χ2n) is 6.10. The molecular weight excluding hydrogens is 324 g/mol. The first-order valence-corrected chi connectivity index (χ1v) is 8.68. The van der Waals surface area contributed by atoms with Crippen molar-refractivity contribution in [3.05, 3.63) is 85.0 Å². The van der Waals surface area contributed by atoms with E-state index in [9.17, 15) is 4.79 Å². The van der Waals surface area contributed by atoms with Crippen molar-refractivity contribution < 1.29 is 14.3 Å². The highest BCUT2D eigenvalue weighted by Gasteiger charge is 2.28. The van der Waals surface area contributed by atoms with Gasteiger partial charge in [0.2, 0.25) is 0 Å². The SMILES string of the molecule is C=CCC(C(=O)C(CC=C)c1ccc(OC)cc1)c1ccc(OC)cc1. The standard InChI is InChI=1S/C23H26O3/c1-5-7-21(17-9-13-19(25-3)14-10-17)23(24)22(8-6-2)18-11-15-20(26-4)16-12-18/h5-6,9-16,21-22H,1-2,7-8H2,3-4H3. The second-order valence-corrected chi connectivity index (χ2v) is 6.10. The van der Waals surface area contributed by atoms with Crippen molar-refractivity contribution in [2.75, 3.05) is 14.2 Å². The minimum absolute atomic E-state index is 0.167. The quantitative estimate of drug-likeness (QED) is 0.546. The molecule has 0 saturated carbocycles. The lowest BCUT2D eigenvalue weighted by molar-refractivity contribution is -0.121. The molecular formula is C23H26O3. The van der Waals surface area contributed by atoms with Crippen LogP contribution in [0.4, 0.5) is 0 Å². The summed E-state index contributed by atoms with van der Waals surface area (Å²) in [5.41, 5.74) is 1.94. The number of hydrogen-bond acceptors (Lipinski definition) is 3. The van der Waals surface area contributed by atoms with Crippen molar-refractivity contribution in [2.45, 2.75) is 24.7 Å². The number of benzene rings is 2. The van der Waals surface area contributed by atoms with E-state index in [4.69, 9.17) is 9.47 Å². The number of hydrogen-bond donors (Lipinski definition) is 0. The predicted octanol–water partition coefficient (Wildman–Crippen LogP) is 5.29. The van der Waals surface area contributed by atoms with E-state index in [0.29, 0.717) is 12.8 Å². The molecule has 0 saturated heterocycles. The third-order valence-electron chi connectivity index (χ3n) is 4.53. The van der Waals surface area contributed by atoms with Crippen LogP contribution in [-0.2, 0) is 4.79 Å².